The molecule has 0 aliphatic carbocycles. The van der Waals surface area contributed by atoms with Crippen LogP contribution in [-0.2, 0) is 0 Å². The summed E-state index contributed by atoms with van der Waals surface area (Å²) in [4.78, 5) is 11.9. The fourth-order valence-electron chi connectivity index (χ4n) is 6.77. The maximum atomic E-state index is 4.89. The summed E-state index contributed by atoms with van der Waals surface area (Å²) in [7, 11) is 0. The van der Waals surface area contributed by atoms with Crippen molar-refractivity contribution in [3.8, 4) is 11.3 Å². The number of aryl methyl sites for hydroxylation is 6. The van der Waals surface area contributed by atoms with E-state index in [0.29, 0.717) is 0 Å². The molecule has 1 aromatic heterocycles. The Bertz CT molecular complexity index is 1790. The van der Waals surface area contributed by atoms with E-state index in [2.05, 4.69) is 131 Å². The molecule has 6 rings (SSSR count). The monoisotopic (exact) mass is 573 g/mol. The fourth-order valence-corrected chi connectivity index (χ4v) is 6.77. The van der Waals surface area contributed by atoms with Crippen molar-refractivity contribution in [3.63, 3.8) is 0 Å². The van der Waals surface area contributed by atoms with Crippen molar-refractivity contribution in [2.24, 2.45) is 0 Å². The van der Waals surface area contributed by atoms with Crippen LogP contribution < -0.4 is 4.90 Å². The summed E-state index contributed by atoms with van der Waals surface area (Å²) in [5.41, 5.74) is 16.0. The maximum absolute atomic E-state index is 4.89. The summed E-state index contributed by atoms with van der Waals surface area (Å²) in [5.74, 6) is 0.899. The number of rotatable bonds is 7. The number of aromatic nitrogens is 2. The minimum Gasteiger partial charge on any atom is -0.294 e. The van der Waals surface area contributed by atoms with Gasteiger partial charge in [0.05, 0.1) is 18.1 Å². The number of anilines is 3. The molecular formula is C41H39N3. The van der Waals surface area contributed by atoms with Crippen LogP contribution in [0.1, 0.15) is 56.0 Å². The maximum Gasteiger partial charge on any atom is 0.156 e. The second-order valence-electron chi connectivity index (χ2n) is 11.9. The Morgan fingerprint density at radius 3 is 1.45 bits per heavy atom. The molecule has 0 radical (unpaired) electrons. The van der Waals surface area contributed by atoms with Gasteiger partial charge in [0.1, 0.15) is 0 Å². The standard InChI is InChI=1S/C41H39N3/c1-27-21-29(3)39(30(4)22-27)41(40-31(5)23-28(2)24-32(40)6)34-17-19-36(20-18-34)44(35-15-11-8-12-16-35)38-26-42-37(25-43-38)33-13-9-7-10-14-33/h7-26,41H,1-6H3. The lowest BCUT2D eigenvalue weighted by atomic mass is 9.77. The minimum atomic E-state index is 0.125. The zero-order chi connectivity index (χ0) is 30.8. The first-order chi connectivity index (χ1) is 21.3. The van der Waals surface area contributed by atoms with Crippen LogP contribution in [0.5, 0.6) is 0 Å². The third kappa shape index (κ3) is 5.78. The zero-order valence-electron chi connectivity index (χ0n) is 26.5. The Hall–Kier alpha value is -5.02. The van der Waals surface area contributed by atoms with E-state index in [9.17, 15) is 0 Å². The first-order valence-corrected chi connectivity index (χ1v) is 15.3. The normalized spacial score (nSPS) is 11.2. The van der Waals surface area contributed by atoms with E-state index in [0.717, 1.165) is 28.5 Å². The van der Waals surface area contributed by atoms with Gasteiger partial charge in [0.25, 0.3) is 0 Å². The molecule has 0 saturated heterocycles. The van der Waals surface area contributed by atoms with Crippen LogP contribution in [0.15, 0.2) is 122 Å². The van der Waals surface area contributed by atoms with E-state index in [1.54, 1.807) is 0 Å². The molecule has 0 spiro atoms. The van der Waals surface area contributed by atoms with Crippen molar-refractivity contribution in [2.45, 2.75) is 47.5 Å². The van der Waals surface area contributed by atoms with Gasteiger partial charge in [0.2, 0.25) is 0 Å². The summed E-state index contributed by atoms with van der Waals surface area (Å²) in [5, 5.41) is 0. The highest BCUT2D eigenvalue weighted by Gasteiger charge is 2.25. The fraction of sp³-hybridized carbons (Fsp3) is 0.171. The largest absolute Gasteiger partial charge is 0.294 e. The minimum absolute atomic E-state index is 0.125. The van der Waals surface area contributed by atoms with Gasteiger partial charge in [-0.05, 0) is 105 Å². The van der Waals surface area contributed by atoms with E-state index >= 15 is 0 Å². The Balaban J connectivity index is 1.46. The number of benzene rings is 5. The summed E-state index contributed by atoms with van der Waals surface area (Å²) >= 11 is 0. The van der Waals surface area contributed by atoms with Crippen LogP contribution in [0.3, 0.4) is 0 Å². The number of para-hydroxylation sites is 1. The smallest absolute Gasteiger partial charge is 0.156 e. The van der Waals surface area contributed by atoms with E-state index in [1.807, 2.05) is 36.7 Å². The van der Waals surface area contributed by atoms with Crippen LogP contribution >= 0.6 is 0 Å². The summed E-state index contributed by atoms with van der Waals surface area (Å²) < 4.78 is 0. The van der Waals surface area contributed by atoms with Crippen molar-refractivity contribution in [1.29, 1.82) is 0 Å². The summed E-state index contributed by atoms with van der Waals surface area (Å²) in [6.45, 7) is 13.4. The highest BCUT2D eigenvalue weighted by molar-refractivity contribution is 5.75. The second-order valence-corrected chi connectivity index (χ2v) is 11.9. The second kappa shape index (κ2) is 12.3. The van der Waals surface area contributed by atoms with E-state index in [1.165, 1.54) is 50.1 Å². The third-order valence-corrected chi connectivity index (χ3v) is 8.49. The lowest BCUT2D eigenvalue weighted by molar-refractivity contribution is 0.919. The van der Waals surface area contributed by atoms with Gasteiger partial charge in [-0.1, -0.05) is 96.1 Å². The molecule has 0 saturated carbocycles. The third-order valence-electron chi connectivity index (χ3n) is 8.49. The highest BCUT2D eigenvalue weighted by Crippen LogP contribution is 2.41. The molecule has 0 fully saturated rings. The Kier molecular flexibility index (Phi) is 8.13. The van der Waals surface area contributed by atoms with Gasteiger partial charge < -0.3 is 0 Å². The van der Waals surface area contributed by atoms with Gasteiger partial charge in [-0.15, -0.1) is 0 Å². The molecule has 1 heterocycles. The molecule has 3 nitrogen and oxygen atoms in total. The molecule has 6 aromatic rings. The predicted octanol–water partition coefficient (Wildman–Crippen LogP) is 10.6. The van der Waals surface area contributed by atoms with Crippen LogP contribution in [0.25, 0.3) is 11.3 Å². The average molecular weight is 574 g/mol. The topological polar surface area (TPSA) is 29.0 Å². The molecule has 0 aliphatic rings. The first kappa shape index (κ1) is 29.1. The first-order valence-electron chi connectivity index (χ1n) is 15.3. The molecular weight excluding hydrogens is 534 g/mol. The number of hydrogen-bond donors (Lipinski definition) is 0. The average Bonchev–Trinajstić information content (AvgIpc) is 3.01. The van der Waals surface area contributed by atoms with E-state index < -0.39 is 0 Å². The van der Waals surface area contributed by atoms with Gasteiger partial charge in [-0.2, -0.15) is 0 Å². The van der Waals surface area contributed by atoms with Crippen molar-refractivity contribution >= 4 is 17.2 Å². The quantitative estimate of drug-likeness (QED) is 0.178. The Morgan fingerprint density at radius 2 is 0.977 bits per heavy atom. The van der Waals surface area contributed by atoms with E-state index in [-0.39, 0.29) is 5.92 Å². The predicted molar refractivity (Wildman–Crippen MR) is 184 cm³/mol. The van der Waals surface area contributed by atoms with Crippen LogP contribution in [0.2, 0.25) is 0 Å². The molecule has 0 unspecified atom stereocenters. The molecule has 0 amide bonds. The van der Waals surface area contributed by atoms with Crippen molar-refractivity contribution in [2.75, 3.05) is 4.90 Å². The lowest BCUT2D eigenvalue weighted by Gasteiger charge is -2.28. The SMILES string of the molecule is Cc1cc(C)c(C(c2ccc(N(c3ccccc3)c3cnc(-c4ccccc4)cn3)cc2)c2c(C)cc(C)cc2C)c(C)c1. The molecule has 3 heteroatoms. The van der Waals surface area contributed by atoms with Crippen LogP contribution in [0, 0.1) is 41.5 Å². The van der Waals surface area contributed by atoms with Crippen molar-refractivity contribution in [1.82, 2.24) is 9.97 Å². The van der Waals surface area contributed by atoms with Crippen molar-refractivity contribution in [3.05, 3.63) is 172 Å². The van der Waals surface area contributed by atoms with Crippen LogP contribution in [-0.4, -0.2) is 9.97 Å². The molecule has 0 bridgehead atoms. The molecule has 218 valence electrons. The highest BCUT2D eigenvalue weighted by atomic mass is 15.2. The van der Waals surface area contributed by atoms with Crippen LogP contribution in [0.4, 0.5) is 17.2 Å². The molecule has 0 aliphatic heterocycles. The Labute approximate surface area is 261 Å². The van der Waals surface area contributed by atoms with Gasteiger partial charge in [-0.25, -0.2) is 4.98 Å². The van der Waals surface area contributed by atoms with E-state index in [4.69, 9.17) is 9.97 Å². The van der Waals surface area contributed by atoms with Gasteiger partial charge >= 0.3 is 0 Å². The zero-order valence-corrected chi connectivity index (χ0v) is 26.5. The van der Waals surface area contributed by atoms with Gasteiger partial charge in [0, 0.05) is 22.9 Å². The molecule has 0 N–H and O–H groups in total. The molecule has 0 atom stereocenters. The Morgan fingerprint density at radius 1 is 0.500 bits per heavy atom. The lowest BCUT2D eigenvalue weighted by Crippen LogP contribution is -2.14. The summed E-state index contributed by atoms with van der Waals surface area (Å²) in [6, 6.07) is 38.9. The molecule has 44 heavy (non-hydrogen) atoms. The van der Waals surface area contributed by atoms with Crippen molar-refractivity contribution < 1.29 is 0 Å². The molecule has 5 aromatic carbocycles. The number of hydrogen-bond acceptors (Lipinski definition) is 3. The summed E-state index contributed by atoms with van der Waals surface area (Å²) in [6.07, 6.45) is 3.72. The number of nitrogens with zero attached hydrogens (tertiary/aromatic N) is 3. The van der Waals surface area contributed by atoms with Gasteiger partial charge in [-0.3, -0.25) is 9.88 Å². The van der Waals surface area contributed by atoms with Gasteiger partial charge in [0.15, 0.2) is 5.82 Å².